The largest absolute Gasteiger partial charge is 0.328 e. The third kappa shape index (κ3) is 4.28. The molecule has 1 aromatic rings. The number of nitrogens with one attached hydrogen (secondary N) is 1. The van der Waals surface area contributed by atoms with E-state index >= 15 is 0 Å². The van der Waals surface area contributed by atoms with Gasteiger partial charge < -0.3 is 11.1 Å². The van der Waals surface area contributed by atoms with Crippen LogP contribution in [0.2, 0.25) is 0 Å². The molecule has 0 saturated heterocycles. The third-order valence-corrected chi connectivity index (χ3v) is 3.87. The summed E-state index contributed by atoms with van der Waals surface area (Å²) >= 11 is 0. The van der Waals surface area contributed by atoms with Gasteiger partial charge in [0.15, 0.2) is 0 Å². The zero-order valence-corrected chi connectivity index (χ0v) is 11.8. The maximum absolute atomic E-state index is 13.0. The van der Waals surface area contributed by atoms with Crippen molar-refractivity contribution < 1.29 is 9.18 Å². The molecule has 0 atom stereocenters. The molecule has 0 heterocycles. The number of anilines is 1. The second kappa shape index (κ2) is 6.81. The number of halogens is 1. The van der Waals surface area contributed by atoms with E-state index in [0.717, 1.165) is 25.7 Å². The highest BCUT2D eigenvalue weighted by Crippen LogP contribution is 2.21. The van der Waals surface area contributed by atoms with Gasteiger partial charge in [0.05, 0.1) is 6.54 Å². The Balaban J connectivity index is 1.82. The molecule has 0 aromatic heterocycles. The fraction of sp³-hybridized carbons (Fsp3) is 0.533. The lowest BCUT2D eigenvalue weighted by Crippen LogP contribution is -2.42. The van der Waals surface area contributed by atoms with Crippen LogP contribution < -0.4 is 11.1 Å². The minimum absolute atomic E-state index is 0.118. The van der Waals surface area contributed by atoms with E-state index < -0.39 is 0 Å². The highest BCUT2D eigenvalue weighted by atomic mass is 19.1. The van der Waals surface area contributed by atoms with Crippen LogP contribution in [0.25, 0.3) is 0 Å². The van der Waals surface area contributed by atoms with Gasteiger partial charge in [-0.3, -0.25) is 9.69 Å². The molecule has 0 unspecified atom stereocenters. The predicted octanol–water partition coefficient (Wildman–Crippen LogP) is 1.97. The maximum Gasteiger partial charge on any atom is 0.238 e. The average Bonchev–Trinajstić information content (AvgIpc) is 2.39. The summed E-state index contributed by atoms with van der Waals surface area (Å²) < 4.78 is 13.0. The lowest BCUT2D eigenvalue weighted by Gasteiger charge is -2.33. The van der Waals surface area contributed by atoms with E-state index in [-0.39, 0.29) is 11.7 Å². The molecule has 2 rings (SSSR count). The molecular formula is C15H22FN3O. The molecule has 0 radical (unpaired) electrons. The molecule has 20 heavy (non-hydrogen) atoms. The highest BCUT2D eigenvalue weighted by Gasteiger charge is 2.23. The maximum atomic E-state index is 13.0. The van der Waals surface area contributed by atoms with Crippen LogP contribution in [0, 0.1) is 5.82 Å². The summed E-state index contributed by atoms with van der Waals surface area (Å²) in [6, 6.07) is 6.65. The SMILES string of the molecule is CN(CC(=O)Nc1cccc(F)c1)C1CCC(N)CC1. The quantitative estimate of drug-likeness (QED) is 0.886. The predicted molar refractivity (Wildman–Crippen MR) is 77.9 cm³/mol. The van der Waals surface area contributed by atoms with Crippen molar-refractivity contribution in [3.8, 4) is 0 Å². The van der Waals surface area contributed by atoms with Crippen LogP contribution in [0.15, 0.2) is 24.3 Å². The van der Waals surface area contributed by atoms with Crippen LogP contribution in [0.4, 0.5) is 10.1 Å². The number of benzene rings is 1. The summed E-state index contributed by atoms with van der Waals surface area (Å²) in [6.45, 7) is 0.316. The van der Waals surface area contributed by atoms with Gasteiger partial charge in [0.1, 0.15) is 5.82 Å². The summed E-state index contributed by atoms with van der Waals surface area (Å²) in [5, 5.41) is 2.72. The van der Waals surface area contributed by atoms with Crippen LogP contribution in [-0.2, 0) is 4.79 Å². The fourth-order valence-corrected chi connectivity index (χ4v) is 2.66. The molecule has 5 heteroatoms. The molecule has 0 bridgehead atoms. The number of likely N-dealkylation sites (N-methyl/N-ethyl adjacent to an activating group) is 1. The van der Waals surface area contributed by atoms with E-state index in [4.69, 9.17) is 5.73 Å². The van der Waals surface area contributed by atoms with Gasteiger partial charge in [0, 0.05) is 17.8 Å². The number of nitrogens with zero attached hydrogens (tertiary/aromatic N) is 1. The first-order valence-electron chi connectivity index (χ1n) is 7.06. The van der Waals surface area contributed by atoms with Crippen molar-refractivity contribution in [3.05, 3.63) is 30.1 Å². The number of rotatable bonds is 4. The lowest BCUT2D eigenvalue weighted by molar-refractivity contribution is -0.117. The highest BCUT2D eigenvalue weighted by molar-refractivity contribution is 5.92. The molecule has 1 saturated carbocycles. The number of nitrogens with two attached hydrogens (primary N) is 1. The topological polar surface area (TPSA) is 58.4 Å². The summed E-state index contributed by atoms with van der Waals surface area (Å²) in [7, 11) is 1.95. The average molecular weight is 279 g/mol. The van der Waals surface area contributed by atoms with Crippen LogP contribution in [0.5, 0.6) is 0 Å². The molecule has 0 aliphatic heterocycles. The number of amides is 1. The van der Waals surface area contributed by atoms with Gasteiger partial charge >= 0.3 is 0 Å². The Morgan fingerprint density at radius 3 is 2.75 bits per heavy atom. The van der Waals surface area contributed by atoms with Crippen molar-refractivity contribution in [1.82, 2.24) is 4.90 Å². The lowest BCUT2D eigenvalue weighted by atomic mass is 9.91. The van der Waals surface area contributed by atoms with Crippen LogP contribution in [-0.4, -0.2) is 36.5 Å². The Labute approximate surface area is 119 Å². The first-order valence-corrected chi connectivity index (χ1v) is 7.06. The monoisotopic (exact) mass is 279 g/mol. The van der Waals surface area contributed by atoms with Crippen LogP contribution in [0.1, 0.15) is 25.7 Å². The van der Waals surface area contributed by atoms with Gasteiger partial charge in [-0.05, 0) is 50.9 Å². The molecule has 3 N–H and O–H groups in total. The Kier molecular flexibility index (Phi) is 5.09. The van der Waals surface area contributed by atoms with Crippen molar-refractivity contribution >= 4 is 11.6 Å². The molecule has 110 valence electrons. The zero-order chi connectivity index (χ0) is 14.5. The van der Waals surface area contributed by atoms with Crippen molar-refractivity contribution in [2.24, 2.45) is 5.73 Å². The van der Waals surface area contributed by atoms with Crippen molar-refractivity contribution in [1.29, 1.82) is 0 Å². The molecule has 1 aliphatic carbocycles. The summed E-state index contributed by atoms with van der Waals surface area (Å²) in [5.74, 6) is -0.467. The van der Waals surface area contributed by atoms with E-state index in [9.17, 15) is 9.18 Å². The van der Waals surface area contributed by atoms with E-state index in [2.05, 4.69) is 10.2 Å². The van der Waals surface area contributed by atoms with Gasteiger partial charge in [-0.25, -0.2) is 4.39 Å². The van der Waals surface area contributed by atoms with Gasteiger partial charge in [-0.15, -0.1) is 0 Å². The Morgan fingerprint density at radius 2 is 2.10 bits per heavy atom. The molecular weight excluding hydrogens is 257 g/mol. The van der Waals surface area contributed by atoms with Crippen molar-refractivity contribution in [3.63, 3.8) is 0 Å². The molecule has 1 aromatic carbocycles. The number of carbonyl (C=O) groups is 1. The first kappa shape index (κ1) is 14.9. The number of hydrogen-bond donors (Lipinski definition) is 2. The van der Waals surface area contributed by atoms with E-state index in [1.165, 1.54) is 12.1 Å². The van der Waals surface area contributed by atoms with Crippen molar-refractivity contribution in [2.75, 3.05) is 18.9 Å². The van der Waals surface area contributed by atoms with E-state index in [1.54, 1.807) is 12.1 Å². The van der Waals surface area contributed by atoms with Gasteiger partial charge in [0.2, 0.25) is 5.91 Å². The molecule has 0 spiro atoms. The number of hydrogen-bond acceptors (Lipinski definition) is 3. The van der Waals surface area contributed by atoms with Gasteiger partial charge in [0.25, 0.3) is 0 Å². The first-order chi connectivity index (χ1) is 9.54. The fourth-order valence-electron chi connectivity index (χ4n) is 2.66. The number of carbonyl (C=O) groups excluding carboxylic acids is 1. The van der Waals surface area contributed by atoms with Gasteiger partial charge in [-0.2, -0.15) is 0 Å². The molecule has 1 amide bonds. The van der Waals surface area contributed by atoms with E-state index in [1.807, 2.05) is 7.05 Å². The molecule has 1 aliphatic rings. The summed E-state index contributed by atoms with van der Waals surface area (Å²) in [6.07, 6.45) is 4.09. The third-order valence-electron chi connectivity index (χ3n) is 3.87. The molecule has 4 nitrogen and oxygen atoms in total. The summed E-state index contributed by atoms with van der Waals surface area (Å²) in [4.78, 5) is 14.0. The zero-order valence-electron chi connectivity index (χ0n) is 11.8. The minimum atomic E-state index is -0.350. The van der Waals surface area contributed by atoms with Crippen molar-refractivity contribution in [2.45, 2.75) is 37.8 Å². The molecule has 1 fully saturated rings. The smallest absolute Gasteiger partial charge is 0.238 e. The Hall–Kier alpha value is -1.46. The van der Waals surface area contributed by atoms with Gasteiger partial charge in [-0.1, -0.05) is 6.07 Å². The summed E-state index contributed by atoms with van der Waals surface area (Å²) in [5.41, 5.74) is 6.38. The Morgan fingerprint density at radius 1 is 1.40 bits per heavy atom. The second-order valence-corrected chi connectivity index (χ2v) is 5.54. The van der Waals surface area contributed by atoms with Crippen LogP contribution in [0.3, 0.4) is 0 Å². The minimum Gasteiger partial charge on any atom is -0.328 e. The van der Waals surface area contributed by atoms with Crippen LogP contribution >= 0.6 is 0 Å². The second-order valence-electron chi connectivity index (χ2n) is 5.54. The standard InChI is InChI=1S/C15H22FN3O/c1-19(14-7-5-12(17)6-8-14)10-15(20)18-13-4-2-3-11(16)9-13/h2-4,9,12,14H,5-8,10,17H2,1H3,(H,18,20). The van der Waals surface area contributed by atoms with E-state index in [0.29, 0.717) is 24.3 Å². The Bertz CT molecular complexity index is 458. The normalized spacial score (nSPS) is 22.8.